The van der Waals surface area contributed by atoms with Gasteiger partial charge in [-0.2, -0.15) is 0 Å². The van der Waals surface area contributed by atoms with Gasteiger partial charge in [0.05, 0.1) is 26.4 Å². The van der Waals surface area contributed by atoms with Gasteiger partial charge in [-0.1, -0.05) is 77.6 Å². The highest BCUT2D eigenvalue weighted by Crippen LogP contribution is 2.11. The van der Waals surface area contributed by atoms with Crippen LogP contribution in [0.1, 0.15) is 84.0 Å². The van der Waals surface area contributed by atoms with Gasteiger partial charge in [0, 0.05) is 0 Å². The maximum absolute atomic E-state index is 8.09. The molecule has 0 saturated heterocycles. The van der Waals surface area contributed by atoms with Gasteiger partial charge in [0.25, 0.3) is 0 Å². The summed E-state index contributed by atoms with van der Waals surface area (Å²) >= 11 is 0. The summed E-state index contributed by atoms with van der Waals surface area (Å²) in [6.45, 7) is 3.85. The second kappa shape index (κ2) is 25.8. The van der Waals surface area contributed by atoms with Crippen molar-refractivity contribution in [2.45, 2.75) is 84.0 Å². The van der Waals surface area contributed by atoms with Crippen molar-refractivity contribution in [2.75, 3.05) is 33.0 Å². The fourth-order valence-corrected chi connectivity index (χ4v) is 2.22. The van der Waals surface area contributed by atoms with Crippen molar-refractivity contribution in [3.8, 4) is 0 Å². The summed E-state index contributed by atoms with van der Waals surface area (Å²) in [7, 11) is 0. The van der Waals surface area contributed by atoms with Crippen LogP contribution in [0.25, 0.3) is 0 Å². The van der Waals surface area contributed by atoms with Crippen LogP contribution in [-0.4, -0.2) is 43.2 Å². The average Bonchev–Trinajstić information content (AvgIpc) is 2.54. The van der Waals surface area contributed by atoms with Crippen LogP contribution < -0.4 is 5.73 Å². The largest absolute Gasteiger partial charge is 0.394 e. The Kier molecular flexibility index (Phi) is 28.2. The SMILES string of the molecule is CCCCCCCCCCCCCCN.OCCOCCO. The van der Waals surface area contributed by atoms with Gasteiger partial charge in [-0.15, -0.1) is 0 Å². The summed E-state index contributed by atoms with van der Waals surface area (Å²) in [5.74, 6) is 0. The molecule has 0 aliphatic carbocycles. The molecule has 0 aromatic carbocycles. The molecule has 0 rings (SSSR count). The van der Waals surface area contributed by atoms with Gasteiger partial charge in [0.2, 0.25) is 0 Å². The van der Waals surface area contributed by atoms with Crippen LogP contribution in [0, 0.1) is 0 Å². The van der Waals surface area contributed by atoms with Crippen LogP contribution in [0.5, 0.6) is 0 Å². The van der Waals surface area contributed by atoms with E-state index in [-0.39, 0.29) is 13.2 Å². The van der Waals surface area contributed by atoms with Crippen LogP contribution in [0.4, 0.5) is 0 Å². The van der Waals surface area contributed by atoms with E-state index in [1.54, 1.807) is 0 Å². The van der Waals surface area contributed by atoms with E-state index in [0.29, 0.717) is 13.2 Å². The minimum atomic E-state index is 0.0278. The molecule has 0 amide bonds. The summed E-state index contributed by atoms with van der Waals surface area (Å²) in [4.78, 5) is 0. The molecular formula is C18H41NO3. The maximum Gasteiger partial charge on any atom is 0.0698 e. The minimum Gasteiger partial charge on any atom is -0.394 e. The summed E-state index contributed by atoms with van der Waals surface area (Å²) in [5, 5.41) is 16.2. The van der Waals surface area contributed by atoms with Crippen molar-refractivity contribution in [2.24, 2.45) is 5.73 Å². The molecule has 4 heteroatoms. The molecule has 0 aliphatic rings. The molecule has 0 heterocycles. The Balaban J connectivity index is 0. The number of rotatable bonds is 16. The number of aliphatic hydroxyl groups is 2. The van der Waals surface area contributed by atoms with E-state index in [9.17, 15) is 0 Å². The van der Waals surface area contributed by atoms with Crippen molar-refractivity contribution >= 4 is 0 Å². The third-order valence-electron chi connectivity index (χ3n) is 3.53. The average molecular weight is 320 g/mol. The van der Waals surface area contributed by atoms with Gasteiger partial charge >= 0.3 is 0 Å². The molecule has 22 heavy (non-hydrogen) atoms. The molecule has 0 spiro atoms. The van der Waals surface area contributed by atoms with E-state index in [4.69, 9.17) is 15.9 Å². The Hall–Kier alpha value is -0.160. The van der Waals surface area contributed by atoms with Crippen molar-refractivity contribution in [1.29, 1.82) is 0 Å². The molecule has 136 valence electrons. The Morgan fingerprint density at radius 2 is 1.00 bits per heavy atom. The highest BCUT2D eigenvalue weighted by atomic mass is 16.5. The van der Waals surface area contributed by atoms with E-state index in [1.165, 1.54) is 77.0 Å². The first kappa shape index (κ1) is 24.1. The van der Waals surface area contributed by atoms with E-state index >= 15 is 0 Å². The standard InChI is InChI=1S/C14H31N.C4H10O3/c1-2-3-4-5-6-7-8-9-10-11-12-13-14-15;5-1-3-7-4-2-6/h2-15H2,1H3;5-6H,1-4H2. The summed E-state index contributed by atoms with van der Waals surface area (Å²) in [6.07, 6.45) is 16.9. The molecule has 0 bridgehead atoms. The monoisotopic (exact) mass is 319 g/mol. The van der Waals surface area contributed by atoms with Gasteiger partial charge in [-0.05, 0) is 13.0 Å². The molecule has 0 atom stereocenters. The molecule has 0 saturated carbocycles. The Morgan fingerprint density at radius 3 is 1.32 bits per heavy atom. The van der Waals surface area contributed by atoms with E-state index < -0.39 is 0 Å². The molecule has 0 radical (unpaired) electrons. The fourth-order valence-electron chi connectivity index (χ4n) is 2.22. The lowest BCUT2D eigenvalue weighted by molar-refractivity contribution is 0.0650. The quantitative estimate of drug-likeness (QED) is 0.380. The number of hydrogen-bond acceptors (Lipinski definition) is 4. The van der Waals surface area contributed by atoms with Crippen LogP contribution in [0.2, 0.25) is 0 Å². The van der Waals surface area contributed by atoms with Gasteiger partial charge in [0.15, 0.2) is 0 Å². The predicted molar refractivity (Wildman–Crippen MR) is 95.1 cm³/mol. The Labute approximate surface area is 138 Å². The number of nitrogens with two attached hydrogens (primary N) is 1. The third kappa shape index (κ3) is 28.1. The highest BCUT2D eigenvalue weighted by molar-refractivity contribution is 4.48. The highest BCUT2D eigenvalue weighted by Gasteiger charge is 1.92. The second-order valence-electron chi connectivity index (χ2n) is 5.74. The third-order valence-corrected chi connectivity index (χ3v) is 3.53. The predicted octanol–water partition coefficient (Wildman–Crippen LogP) is 3.63. The van der Waals surface area contributed by atoms with Gasteiger partial charge in [0.1, 0.15) is 0 Å². The molecular weight excluding hydrogens is 278 g/mol. The van der Waals surface area contributed by atoms with E-state index in [1.807, 2.05) is 0 Å². The lowest BCUT2D eigenvalue weighted by atomic mass is 10.1. The Bertz CT molecular complexity index is 152. The van der Waals surface area contributed by atoms with Crippen LogP contribution in [0.3, 0.4) is 0 Å². The summed E-state index contributed by atoms with van der Waals surface area (Å²) in [5.41, 5.74) is 5.45. The van der Waals surface area contributed by atoms with Crippen molar-refractivity contribution < 1.29 is 14.9 Å². The van der Waals surface area contributed by atoms with Gasteiger partial charge in [-0.3, -0.25) is 0 Å². The first-order valence-corrected chi connectivity index (χ1v) is 9.33. The zero-order chi connectivity index (χ0) is 16.7. The lowest BCUT2D eigenvalue weighted by Gasteiger charge is -2.01. The maximum atomic E-state index is 8.09. The zero-order valence-corrected chi connectivity index (χ0v) is 14.9. The topological polar surface area (TPSA) is 75.7 Å². The number of unbranched alkanes of at least 4 members (excludes halogenated alkanes) is 11. The Morgan fingerprint density at radius 1 is 0.636 bits per heavy atom. The second-order valence-corrected chi connectivity index (χ2v) is 5.74. The van der Waals surface area contributed by atoms with Crippen molar-refractivity contribution in [1.82, 2.24) is 0 Å². The smallest absolute Gasteiger partial charge is 0.0698 e. The van der Waals surface area contributed by atoms with Gasteiger partial charge in [-0.25, -0.2) is 0 Å². The number of aliphatic hydroxyl groups excluding tert-OH is 2. The first-order valence-electron chi connectivity index (χ1n) is 9.33. The minimum absolute atomic E-state index is 0.0278. The fraction of sp³-hybridized carbons (Fsp3) is 1.00. The lowest BCUT2D eigenvalue weighted by Crippen LogP contribution is -2.03. The molecule has 0 aliphatic heterocycles. The molecule has 0 aromatic heterocycles. The molecule has 0 aromatic rings. The van der Waals surface area contributed by atoms with Crippen LogP contribution in [0.15, 0.2) is 0 Å². The van der Waals surface area contributed by atoms with E-state index in [0.717, 1.165) is 6.54 Å². The zero-order valence-electron chi connectivity index (χ0n) is 14.9. The van der Waals surface area contributed by atoms with Crippen LogP contribution >= 0.6 is 0 Å². The van der Waals surface area contributed by atoms with Crippen molar-refractivity contribution in [3.05, 3.63) is 0 Å². The van der Waals surface area contributed by atoms with Crippen molar-refractivity contribution in [3.63, 3.8) is 0 Å². The molecule has 4 nitrogen and oxygen atoms in total. The first-order chi connectivity index (χ1) is 10.8. The van der Waals surface area contributed by atoms with Gasteiger partial charge < -0.3 is 20.7 Å². The number of ether oxygens (including phenoxy) is 1. The number of hydrogen-bond donors (Lipinski definition) is 3. The molecule has 0 unspecified atom stereocenters. The molecule has 0 fully saturated rings. The summed E-state index contributed by atoms with van der Waals surface area (Å²) in [6, 6.07) is 0. The molecule has 4 N–H and O–H groups in total. The summed E-state index contributed by atoms with van der Waals surface area (Å²) < 4.78 is 4.63. The normalized spacial score (nSPS) is 10.4. The van der Waals surface area contributed by atoms with Crippen LogP contribution in [-0.2, 0) is 4.74 Å². The van der Waals surface area contributed by atoms with E-state index in [2.05, 4.69) is 11.7 Å².